The SMILES string of the molecule is CC(C)C.CCCCCCC. The molecule has 0 aromatic rings. The zero-order valence-corrected chi connectivity index (χ0v) is 9.11. The summed E-state index contributed by atoms with van der Waals surface area (Å²) in [5.74, 6) is 0.833. The molecule has 0 rings (SSSR count). The molecule has 0 aliphatic rings. The molecule has 0 N–H and O–H groups in total. The molecule has 0 saturated carbocycles. The average molecular weight is 158 g/mol. The van der Waals surface area contributed by atoms with Crippen LogP contribution in [0.25, 0.3) is 0 Å². The van der Waals surface area contributed by atoms with E-state index in [0.717, 1.165) is 5.92 Å². The Labute approximate surface area is 73.4 Å². The lowest BCUT2D eigenvalue weighted by Crippen LogP contribution is -1.70. The van der Waals surface area contributed by atoms with Gasteiger partial charge in [-0.3, -0.25) is 0 Å². The molecule has 70 valence electrons. The van der Waals surface area contributed by atoms with E-state index < -0.39 is 0 Å². The fraction of sp³-hybridized carbons (Fsp3) is 1.00. The highest BCUT2D eigenvalue weighted by Gasteiger charge is 1.80. The molecule has 0 nitrogen and oxygen atoms in total. The standard InChI is InChI=1S/C7H16.C4H10/c1-3-5-7-6-4-2;1-4(2)3/h3-7H2,1-2H3;4H,1-3H3. The van der Waals surface area contributed by atoms with E-state index in [1.165, 1.54) is 32.1 Å². The van der Waals surface area contributed by atoms with Crippen molar-refractivity contribution in [2.45, 2.75) is 66.7 Å². The fourth-order valence-electron chi connectivity index (χ4n) is 0.677. The summed E-state index contributed by atoms with van der Waals surface area (Å²) in [4.78, 5) is 0. The Morgan fingerprint density at radius 3 is 1.18 bits per heavy atom. The van der Waals surface area contributed by atoms with Crippen molar-refractivity contribution < 1.29 is 0 Å². The Bertz CT molecular complexity index is 39.2. The molecule has 0 atom stereocenters. The van der Waals surface area contributed by atoms with Crippen LogP contribution < -0.4 is 0 Å². The van der Waals surface area contributed by atoms with Crippen LogP contribution in [0, 0.1) is 5.92 Å². The molecule has 0 aliphatic heterocycles. The Morgan fingerprint density at radius 2 is 1.00 bits per heavy atom. The van der Waals surface area contributed by atoms with Crippen molar-refractivity contribution in [2.75, 3.05) is 0 Å². The fourth-order valence-corrected chi connectivity index (χ4v) is 0.677. The third-order valence-electron chi connectivity index (χ3n) is 1.21. The number of rotatable bonds is 4. The molecule has 0 unspecified atom stereocenters. The topological polar surface area (TPSA) is 0 Å². The van der Waals surface area contributed by atoms with Gasteiger partial charge in [-0.1, -0.05) is 66.7 Å². The maximum absolute atomic E-state index is 2.25. The molecule has 0 aromatic carbocycles. The van der Waals surface area contributed by atoms with Gasteiger partial charge in [0.05, 0.1) is 0 Å². The van der Waals surface area contributed by atoms with Crippen molar-refractivity contribution in [1.29, 1.82) is 0 Å². The van der Waals surface area contributed by atoms with Crippen LogP contribution in [0.3, 0.4) is 0 Å². The molecule has 11 heavy (non-hydrogen) atoms. The van der Waals surface area contributed by atoms with Crippen LogP contribution in [0.15, 0.2) is 0 Å². The lowest BCUT2D eigenvalue weighted by Gasteiger charge is -1.90. The van der Waals surface area contributed by atoms with Gasteiger partial charge in [0.2, 0.25) is 0 Å². The predicted molar refractivity (Wildman–Crippen MR) is 54.9 cm³/mol. The van der Waals surface area contributed by atoms with Gasteiger partial charge in [-0.05, 0) is 5.92 Å². The Hall–Kier alpha value is 0. The van der Waals surface area contributed by atoms with E-state index in [9.17, 15) is 0 Å². The van der Waals surface area contributed by atoms with E-state index >= 15 is 0 Å². The van der Waals surface area contributed by atoms with Crippen molar-refractivity contribution in [3.63, 3.8) is 0 Å². The van der Waals surface area contributed by atoms with Gasteiger partial charge in [-0.25, -0.2) is 0 Å². The molecule has 0 spiro atoms. The zero-order chi connectivity index (χ0) is 9.11. The average Bonchev–Trinajstić information content (AvgIpc) is 1.88. The smallest absolute Gasteiger partial charge is 0.0500 e. The molecule has 0 bridgehead atoms. The first-order chi connectivity index (χ1) is 5.15. The first kappa shape index (κ1) is 13.6. The molecule has 0 saturated heterocycles. The summed E-state index contributed by atoms with van der Waals surface area (Å²) in [5.41, 5.74) is 0. The van der Waals surface area contributed by atoms with Crippen molar-refractivity contribution >= 4 is 0 Å². The second kappa shape index (κ2) is 12.7. The monoisotopic (exact) mass is 158 g/mol. The van der Waals surface area contributed by atoms with Gasteiger partial charge in [0.15, 0.2) is 0 Å². The summed E-state index contributed by atoms with van der Waals surface area (Å²) >= 11 is 0. The normalized spacial score (nSPS) is 9.27. The summed E-state index contributed by atoms with van der Waals surface area (Å²) in [6, 6.07) is 0. The summed E-state index contributed by atoms with van der Waals surface area (Å²) in [6.45, 7) is 11.0. The van der Waals surface area contributed by atoms with Crippen molar-refractivity contribution in [3.8, 4) is 0 Å². The van der Waals surface area contributed by atoms with E-state index in [-0.39, 0.29) is 0 Å². The second-order valence-electron chi connectivity index (χ2n) is 3.79. The van der Waals surface area contributed by atoms with Crippen LogP contribution in [0.2, 0.25) is 0 Å². The van der Waals surface area contributed by atoms with E-state index in [1.54, 1.807) is 0 Å². The van der Waals surface area contributed by atoms with Gasteiger partial charge >= 0.3 is 0 Å². The van der Waals surface area contributed by atoms with Crippen LogP contribution in [0.1, 0.15) is 66.7 Å². The minimum absolute atomic E-state index is 0.833. The first-order valence-electron chi connectivity index (χ1n) is 5.15. The lowest BCUT2D eigenvalue weighted by atomic mass is 10.2. The quantitative estimate of drug-likeness (QED) is 0.523. The van der Waals surface area contributed by atoms with Gasteiger partial charge in [0.25, 0.3) is 0 Å². The minimum atomic E-state index is 0.833. The largest absolute Gasteiger partial charge is 0.0654 e. The van der Waals surface area contributed by atoms with Gasteiger partial charge in [0, 0.05) is 0 Å². The van der Waals surface area contributed by atoms with E-state index in [1.807, 2.05) is 0 Å². The number of hydrogen-bond acceptors (Lipinski definition) is 0. The van der Waals surface area contributed by atoms with Crippen LogP contribution in [-0.4, -0.2) is 0 Å². The van der Waals surface area contributed by atoms with E-state index in [4.69, 9.17) is 0 Å². The van der Waals surface area contributed by atoms with Gasteiger partial charge in [0.1, 0.15) is 0 Å². The van der Waals surface area contributed by atoms with Crippen LogP contribution >= 0.6 is 0 Å². The molecular weight excluding hydrogens is 132 g/mol. The third kappa shape index (κ3) is 40.0. The summed E-state index contributed by atoms with van der Waals surface area (Å²) in [6.07, 6.45) is 7.01. The summed E-state index contributed by atoms with van der Waals surface area (Å²) in [5, 5.41) is 0. The zero-order valence-electron chi connectivity index (χ0n) is 9.11. The number of unbranched alkanes of at least 4 members (excludes halogenated alkanes) is 4. The van der Waals surface area contributed by atoms with Gasteiger partial charge in [-0.2, -0.15) is 0 Å². The van der Waals surface area contributed by atoms with Crippen LogP contribution in [-0.2, 0) is 0 Å². The van der Waals surface area contributed by atoms with Gasteiger partial charge in [-0.15, -0.1) is 0 Å². The second-order valence-corrected chi connectivity index (χ2v) is 3.79. The number of hydrogen-bond donors (Lipinski definition) is 0. The molecule has 0 radical (unpaired) electrons. The maximum atomic E-state index is 2.25. The Morgan fingerprint density at radius 1 is 0.727 bits per heavy atom. The van der Waals surface area contributed by atoms with Crippen LogP contribution in [0.4, 0.5) is 0 Å². The summed E-state index contributed by atoms with van der Waals surface area (Å²) < 4.78 is 0. The Balaban J connectivity index is 0. The van der Waals surface area contributed by atoms with Gasteiger partial charge < -0.3 is 0 Å². The molecule has 0 heteroatoms. The highest BCUT2D eigenvalue weighted by molar-refractivity contribution is 4.35. The van der Waals surface area contributed by atoms with E-state index in [2.05, 4.69) is 34.6 Å². The van der Waals surface area contributed by atoms with E-state index in [0.29, 0.717) is 0 Å². The predicted octanol–water partition coefficient (Wildman–Crippen LogP) is 4.64. The molecule has 0 heterocycles. The first-order valence-corrected chi connectivity index (χ1v) is 5.15. The highest BCUT2D eigenvalue weighted by Crippen LogP contribution is 2.00. The summed E-state index contributed by atoms with van der Waals surface area (Å²) in [7, 11) is 0. The maximum Gasteiger partial charge on any atom is -0.0500 e. The highest BCUT2D eigenvalue weighted by atomic mass is 13.9. The minimum Gasteiger partial charge on any atom is -0.0654 e. The lowest BCUT2D eigenvalue weighted by molar-refractivity contribution is 0.656. The van der Waals surface area contributed by atoms with Crippen LogP contribution in [0.5, 0.6) is 0 Å². The van der Waals surface area contributed by atoms with Crippen molar-refractivity contribution in [2.24, 2.45) is 5.92 Å². The molecular formula is C11H26. The van der Waals surface area contributed by atoms with Crippen molar-refractivity contribution in [1.82, 2.24) is 0 Å². The van der Waals surface area contributed by atoms with Crippen molar-refractivity contribution in [3.05, 3.63) is 0 Å². The third-order valence-corrected chi connectivity index (χ3v) is 1.21. The molecule has 0 fully saturated rings. The molecule has 0 aromatic heterocycles. The Kier molecular flexibility index (Phi) is 15.6. The molecule has 0 aliphatic carbocycles. The molecule has 0 amide bonds.